The topological polar surface area (TPSA) is 33.1 Å². The number of hydrogen-bond acceptors (Lipinski definition) is 3. The summed E-state index contributed by atoms with van der Waals surface area (Å²) in [6, 6.07) is 3.67. The van der Waals surface area contributed by atoms with Crippen molar-refractivity contribution in [3.8, 4) is 0 Å². The van der Waals surface area contributed by atoms with Gasteiger partial charge in [0.2, 0.25) is 0 Å². The standard InChI is InChI=1S/C13H13F2NOS/c1-8-7-18-13(16-8)6-10(17)4-9-2-3-11(14)12(15)5-9/h2-3,5,7,10,17H,4,6H2,1H3. The van der Waals surface area contributed by atoms with Gasteiger partial charge in [-0.2, -0.15) is 0 Å². The minimum absolute atomic E-state index is 0.288. The number of aliphatic hydroxyl groups is 1. The zero-order valence-corrected chi connectivity index (χ0v) is 10.7. The molecule has 1 atom stereocenters. The fourth-order valence-electron chi connectivity index (χ4n) is 1.71. The highest BCUT2D eigenvalue weighted by Gasteiger charge is 2.11. The van der Waals surface area contributed by atoms with Crippen LogP contribution < -0.4 is 0 Å². The molecule has 0 saturated heterocycles. The first-order valence-corrected chi connectivity index (χ1v) is 6.45. The van der Waals surface area contributed by atoms with Gasteiger partial charge >= 0.3 is 0 Å². The van der Waals surface area contributed by atoms with E-state index in [-0.39, 0.29) is 6.42 Å². The minimum Gasteiger partial charge on any atom is -0.392 e. The van der Waals surface area contributed by atoms with Crippen LogP contribution in [0.15, 0.2) is 23.6 Å². The predicted octanol–water partition coefficient (Wildman–Crippen LogP) is 2.88. The minimum atomic E-state index is -0.884. The Morgan fingerprint density at radius 3 is 2.67 bits per heavy atom. The van der Waals surface area contributed by atoms with E-state index in [0.717, 1.165) is 22.8 Å². The Morgan fingerprint density at radius 2 is 2.06 bits per heavy atom. The number of aromatic nitrogens is 1. The smallest absolute Gasteiger partial charge is 0.159 e. The lowest BCUT2D eigenvalue weighted by molar-refractivity contribution is 0.175. The lowest BCUT2D eigenvalue weighted by Crippen LogP contribution is -2.14. The van der Waals surface area contributed by atoms with Crippen molar-refractivity contribution >= 4 is 11.3 Å². The molecule has 1 heterocycles. The van der Waals surface area contributed by atoms with Crippen LogP contribution in [0.5, 0.6) is 0 Å². The second-order valence-electron chi connectivity index (χ2n) is 4.19. The number of rotatable bonds is 4. The zero-order valence-electron chi connectivity index (χ0n) is 9.86. The van der Waals surface area contributed by atoms with Gasteiger partial charge in [0.1, 0.15) is 0 Å². The van der Waals surface area contributed by atoms with Crippen molar-refractivity contribution in [2.45, 2.75) is 25.9 Å². The SMILES string of the molecule is Cc1csc(CC(O)Cc2ccc(F)c(F)c2)n1. The number of nitrogens with zero attached hydrogens (tertiary/aromatic N) is 1. The molecule has 0 amide bonds. The summed E-state index contributed by atoms with van der Waals surface area (Å²) in [7, 11) is 0. The highest BCUT2D eigenvalue weighted by molar-refractivity contribution is 7.09. The first-order valence-electron chi connectivity index (χ1n) is 5.57. The molecule has 5 heteroatoms. The second kappa shape index (κ2) is 5.54. The molecule has 0 bridgehead atoms. The highest BCUT2D eigenvalue weighted by atomic mass is 32.1. The summed E-state index contributed by atoms with van der Waals surface area (Å²) in [4.78, 5) is 4.25. The lowest BCUT2D eigenvalue weighted by Gasteiger charge is -2.09. The normalized spacial score (nSPS) is 12.7. The Balaban J connectivity index is 1.98. The summed E-state index contributed by atoms with van der Waals surface area (Å²) >= 11 is 1.49. The van der Waals surface area contributed by atoms with Crippen LogP contribution >= 0.6 is 11.3 Å². The van der Waals surface area contributed by atoms with Gasteiger partial charge in [0.15, 0.2) is 11.6 Å². The summed E-state index contributed by atoms with van der Waals surface area (Å²) in [5.41, 5.74) is 1.50. The van der Waals surface area contributed by atoms with Crippen molar-refractivity contribution in [2.75, 3.05) is 0 Å². The van der Waals surface area contributed by atoms with Crippen LogP contribution in [0.25, 0.3) is 0 Å². The molecule has 1 aromatic heterocycles. The summed E-state index contributed by atoms with van der Waals surface area (Å²) in [6.07, 6.45) is 0.0771. The van der Waals surface area contributed by atoms with E-state index in [2.05, 4.69) is 4.98 Å². The van der Waals surface area contributed by atoms with Gasteiger partial charge in [0.25, 0.3) is 0 Å². The molecule has 2 rings (SSSR count). The van der Waals surface area contributed by atoms with Gasteiger partial charge in [0.05, 0.1) is 11.1 Å². The molecule has 0 saturated carbocycles. The zero-order chi connectivity index (χ0) is 13.1. The van der Waals surface area contributed by atoms with Crippen molar-refractivity contribution in [1.29, 1.82) is 0 Å². The molecule has 2 nitrogen and oxygen atoms in total. The molecule has 96 valence electrons. The van der Waals surface area contributed by atoms with Crippen LogP contribution in [0, 0.1) is 18.6 Å². The molecule has 0 fully saturated rings. The van der Waals surface area contributed by atoms with E-state index in [1.54, 1.807) is 0 Å². The average Bonchev–Trinajstić information content (AvgIpc) is 2.69. The largest absolute Gasteiger partial charge is 0.392 e. The summed E-state index contributed by atoms with van der Waals surface area (Å²) in [5.74, 6) is -1.76. The Morgan fingerprint density at radius 1 is 1.28 bits per heavy atom. The van der Waals surface area contributed by atoms with Crippen LogP contribution in [0.1, 0.15) is 16.3 Å². The van der Waals surface area contributed by atoms with Crippen LogP contribution in [0.3, 0.4) is 0 Å². The molecule has 1 unspecified atom stereocenters. The van der Waals surface area contributed by atoms with Crippen molar-refractivity contribution in [1.82, 2.24) is 4.98 Å². The summed E-state index contributed by atoms with van der Waals surface area (Å²) < 4.78 is 25.7. The monoisotopic (exact) mass is 269 g/mol. The van der Waals surface area contributed by atoms with E-state index in [9.17, 15) is 13.9 Å². The van der Waals surface area contributed by atoms with E-state index < -0.39 is 17.7 Å². The van der Waals surface area contributed by atoms with Crippen molar-refractivity contribution in [3.05, 3.63) is 51.5 Å². The first-order chi connectivity index (χ1) is 8.54. The number of aliphatic hydroxyl groups excluding tert-OH is 1. The predicted molar refractivity (Wildman–Crippen MR) is 66.6 cm³/mol. The fraction of sp³-hybridized carbons (Fsp3) is 0.308. The molecule has 0 aliphatic rings. The molecule has 0 aliphatic heterocycles. The van der Waals surface area contributed by atoms with Gasteiger partial charge in [-0.05, 0) is 31.0 Å². The van der Waals surface area contributed by atoms with Crippen molar-refractivity contribution < 1.29 is 13.9 Å². The first kappa shape index (κ1) is 13.1. The van der Waals surface area contributed by atoms with Crippen LogP contribution in [0.4, 0.5) is 8.78 Å². The number of benzene rings is 1. The third-order valence-electron chi connectivity index (χ3n) is 2.53. The molecular formula is C13H13F2NOS. The van der Waals surface area contributed by atoms with Gasteiger partial charge in [-0.1, -0.05) is 6.07 Å². The lowest BCUT2D eigenvalue weighted by atomic mass is 10.1. The molecule has 1 aromatic carbocycles. The highest BCUT2D eigenvalue weighted by Crippen LogP contribution is 2.15. The van der Waals surface area contributed by atoms with Gasteiger partial charge in [0, 0.05) is 17.5 Å². The molecule has 1 N–H and O–H groups in total. The third-order valence-corrected chi connectivity index (χ3v) is 3.52. The van der Waals surface area contributed by atoms with Gasteiger partial charge in [-0.25, -0.2) is 13.8 Å². The Bertz CT molecular complexity index is 542. The number of aryl methyl sites for hydroxylation is 1. The van der Waals surface area contributed by atoms with E-state index in [1.165, 1.54) is 17.4 Å². The number of halogens is 2. The Labute approximate surface area is 108 Å². The summed E-state index contributed by atoms with van der Waals surface area (Å²) in [5, 5.41) is 12.6. The van der Waals surface area contributed by atoms with E-state index in [4.69, 9.17) is 0 Å². The number of hydrogen-bond donors (Lipinski definition) is 1. The maximum absolute atomic E-state index is 13.0. The molecule has 0 aliphatic carbocycles. The van der Waals surface area contributed by atoms with Crippen molar-refractivity contribution in [3.63, 3.8) is 0 Å². The number of thiazole rings is 1. The summed E-state index contributed by atoms with van der Waals surface area (Å²) in [6.45, 7) is 1.89. The quantitative estimate of drug-likeness (QED) is 0.925. The van der Waals surface area contributed by atoms with E-state index >= 15 is 0 Å². The molecule has 18 heavy (non-hydrogen) atoms. The Kier molecular flexibility index (Phi) is 4.04. The second-order valence-corrected chi connectivity index (χ2v) is 5.14. The van der Waals surface area contributed by atoms with Gasteiger partial charge < -0.3 is 5.11 Å². The van der Waals surface area contributed by atoms with Crippen LogP contribution in [-0.4, -0.2) is 16.2 Å². The molecule has 2 aromatic rings. The maximum Gasteiger partial charge on any atom is 0.159 e. The Hall–Kier alpha value is -1.33. The van der Waals surface area contributed by atoms with Crippen molar-refractivity contribution in [2.24, 2.45) is 0 Å². The molecule has 0 radical (unpaired) electrons. The fourth-order valence-corrected chi connectivity index (χ4v) is 2.55. The van der Waals surface area contributed by atoms with E-state index in [1.807, 2.05) is 12.3 Å². The average molecular weight is 269 g/mol. The van der Waals surface area contributed by atoms with Crippen LogP contribution in [0.2, 0.25) is 0 Å². The maximum atomic E-state index is 13.0. The molecule has 0 spiro atoms. The molecular weight excluding hydrogens is 256 g/mol. The third kappa shape index (κ3) is 3.34. The van der Waals surface area contributed by atoms with Gasteiger partial charge in [-0.3, -0.25) is 0 Å². The van der Waals surface area contributed by atoms with E-state index in [0.29, 0.717) is 12.0 Å². The van der Waals surface area contributed by atoms with Gasteiger partial charge in [-0.15, -0.1) is 11.3 Å². The van der Waals surface area contributed by atoms with Crippen LogP contribution in [-0.2, 0) is 12.8 Å².